The summed E-state index contributed by atoms with van der Waals surface area (Å²) in [6.07, 6.45) is 4.47. The molecule has 3 heterocycles. The Morgan fingerprint density at radius 1 is 1.20 bits per heavy atom. The summed E-state index contributed by atoms with van der Waals surface area (Å²) < 4.78 is 6.65. The Bertz CT molecular complexity index is 725. The second kappa shape index (κ2) is 9.15. The Morgan fingerprint density at radius 3 is 2.48 bits per heavy atom. The van der Waals surface area contributed by atoms with Crippen LogP contribution in [0.15, 0.2) is 5.03 Å². The lowest BCUT2D eigenvalue weighted by Gasteiger charge is -2.14. The molecule has 2 aromatic rings. The zero-order chi connectivity index (χ0) is 18.4. The fraction of sp³-hybridized carbons (Fsp3) is 0.647. The molecule has 7 nitrogen and oxygen atoms in total. The number of hydrogen-bond donors (Lipinski definition) is 0. The highest BCUT2D eigenvalue weighted by Gasteiger charge is 2.20. The standard InChI is InChI=1S/C15H21N5O2S.C2H6/c1-10-11-13(16-12(15(21)22-2)17-14(11)23-3)20(18-10)9-8-19-6-4-5-7-19;1-2/h4-9H2,1-3H3;1-2H3. The van der Waals surface area contributed by atoms with Gasteiger partial charge in [0.05, 0.1) is 24.7 Å². The molecule has 0 N–H and O–H groups in total. The number of likely N-dealkylation sites (tertiary alicyclic amines) is 1. The number of methoxy groups -OCH3 is 1. The largest absolute Gasteiger partial charge is 0.463 e. The summed E-state index contributed by atoms with van der Waals surface area (Å²) in [5, 5.41) is 6.29. The third-order valence-electron chi connectivity index (χ3n) is 4.12. The molecule has 2 aromatic heterocycles. The van der Waals surface area contributed by atoms with Gasteiger partial charge in [0.25, 0.3) is 0 Å². The summed E-state index contributed by atoms with van der Waals surface area (Å²) in [5.74, 6) is -0.432. The van der Waals surface area contributed by atoms with Gasteiger partial charge in [0, 0.05) is 6.54 Å². The lowest BCUT2D eigenvalue weighted by atomic mass is 10.3. The Balaban J connectivity index is 0.00000109. The number of carbonyl (C=O) groups excluding carboxylic acids is 1. The summed E-state index contributed by atoms with van der Waals surface area (Å²) in [6, 6.07) is 0. The second-order valence-corrected chi connectivity index (χ2v) is 6.40. The smallest absolute Gasteiger partial charge is 0.376 e. The first-order valence-electron chi connectivity index (χ1n) is 8.74. The van der Waals surface area contributed by atoms with Gasteiger partial charge in [-0.25, -0.2) is 19.4 Å². The van der Waals surface area contributed by atoms with Gasteiger partial charge in [-0.3, -0.25) is 0 Å². The summed E-state index contributed by atoms with van der Waals surface area (Å²) in [4.78, 5) is 23.0. The molecule has 1 aliphatic rings. The van der Waals surface area contributed by atoms with E-state index in [0.29, 0.717) is 5.65 Å². The topological polar surface area (TPSA) is 73.1 Å². The lowest BCUT2D eigenvalue weighted by molar-refractivity contribution is 0.0586. The normalized spacial score (nSPS) is 14.4. The highest BCUT2D eigenvalue weighted by Crippen LogP contribution is 2.26. The van der Waals surface area contributed by atoms with Crippen LogP contribution in [0.5, 0.6) is 0 Å². The van der Waals surface area contributed by atoms with Gasteiger partial charge in [0.2, 0.25) is 5.82 Å². The monoisotopic (exact) mass is 365 g/mol. The third-order valence-corrected chi connectivity index (χ3v) is 4.80. The Hall–Kier alpha value is -1.67. The van der Waals surface area contributed by atoms with Gasteiger partial charge in [-0.2, -0.15) is 5.10 Å². The van der Waals surface area contributed by atoms with E-state index in [9.17, 15) is 4.79 Å². The SMILES string of the molecule is CC.COC(=O)c1nc(SC)c2c(C)nn(CCN3CCCC3)c2n1. The highest BCUT2D eigenvalue weighted by atomic mass is 32.2. The van der Waals surface area contributed by atoms with Crippen LogP contribution in [0.1, 0.15) is 43.0 Å². The van der Waals surface area contributed by atoms with Crippen LogP contribution in [-0.2, 0) is 11.3 Å². The van der Waals surface area contributed by atoms with Crippen molar-refractivity contribution in [3.05, 3.63) is 11.5 Å². The number of rotatable bonds is 5. The van der Waals surface area contributed by atoms with Crippen molar-refractivity contribution in [2.24, 2.45) is 0 Å². The number of thioether (sulfide) groups is 1. The quantitative estimate of drug-likeness (QED) is 0.458. The molecule has 0 aliphatic carbocycles. The predicted molar refractivity (Wildman–Crippen MR) is 100 cm³/mol. The summed E-state index contributed by atoms with van der Waals surface area (Å²) in [6.45, 7) is 9.96. The van der Waals surface area contributed by atoms with Crippen molar-refractivity contribution < 1.29 is 9.53 Å². The van der Waals surface area contributed by atoms with Crippen LogP contribution < -0.4 is 0 Å². The maximum absolute atomic E-state index is 11.8. The van der Waals surface area contributed by atoms with Gasteiger partial charge in [-0.15, -0.1) is 11.8 Å². The average molecular weight is 366 g/mol. The van der Waals surface area contributed by atoms with Crippen LogP contribution in [0.3, 0.4) is 0 Å². The maximum Gasteiger partial charge on any atom is 0.376 e. The zero-order valence-corrected chi connectivity index (χ0v) is 16.5. The first-order valence-corrected chi connectivity index (χ1v) is 9.96. The predicted octanol–water partition coefficient (Wildman–Crippen LogP) is 2.77. The van der Waals surface area contributed by atoms with E-state index in [2.05, 4.69) is 20.0 Å². The Morgan fingerprint density at radius 2 is 1.88 bits per heavy atom. The molecule has 0 amide bonds. The molecule has 25 heavy (non-hydrogen) atoms. The van der Waals surface area contributed by atoms with Crippen molar-refractivity contribution in [2.75, 3.05) is 33.0 Å². The minimum atomic E-state index is -0.521. The van der Waals surface area contributed by atoms with Crippen molar-refractivity contribution in [2.45, 2.75) is 45.2 Å². The van der Waals surface area contributed by atoms with Crippen LogP contribution in [0.25, 0.3) is 11.0 Å². The van der Waals surface area contributed by atoms with Crippen molar-refractivity contribution in [1.82, 2.24) is 24.6 Å². The van der Waals surface area contributed by atoms with E-state index in [-0.39, 0.29) is 5.82 Å². The lowest BCUT2D eigenvalue weighted by Crippen LogP contribution is -2.24. The van der Waals surface area contributed by atoms with Gasteiger partial charge in [0.1, 0.15) is 5.03 Å². The fourth-order valence-corrected chi connectivity index (χ4v) is 3.56. The summed E-state index contributed by atoms with van der Waals surface area (Å²) in [5.41, 5.74) is 1.60. The molecular formula is C17H27N5O2S. The van der Waals surface area contributed by atoms with E-state index in [4.69, 9.17) is 4.74 Å². The number of carbonyl (C=O) groups is 1. The molecule has 138 valence electrons. The van der Waals surface area contributed by atoms with Gasteiger partial charge < -0.3 is 9.64 Å². The minimum Gasteiger partial charge on any atom is -0.463 e. The van der Waals surface area contributed by atoms with Crippen molar-refractivity contribution in [3.8, 4) is 0 Å². The van der Waals surface area contributed by atoms with E-state index in [0.717, 1.165) is 42.3 Å². The maximum atomic E-state index is 11.8. The van der Waals surface area contributed by atoms with Crippen molar-refractivity contribution >= 4 is 28.8 Å². The molecule has 8 heteroatoms. The molecule has 0 spiro atoms. The number of aryl methyl sites for hydroxylation is 1. The van der Waals surface area contributed by atoms with Crippen LogP contribution in [0.4, 0.5) is 0 Å². The molecule has 1 aliphatic heterocycles. The number of hydrogen-bond acceptors (Lipinski definition) is 7. The Kier molecular flexibility index (Phi) is 7.19. The number of fused-ring (bicyclic) bond motifs is 1. The summed E-state index contributed by atoms with van der Waals surface area (Å²) in [7, 11) is 1.34. The number of aromatic nitrogens is 4. The average Bonchev–Trinajstić information content (AvgIpc) is 3.28. The van der Waals surface area contributed by atoms with Gasteiger partial charge in [0.15, 0.2) is 5.65 Å². The van der Waals surface area contributed by atoms with E-state index in [1.54, 1.807) is 0 Å². The van der Waals surface area contributed by atoms with Crippen molar-refractivity contribution in [3.63, 3.8) is 0 Å². The van der Waals surface area contributed by atoms with E-state index >= 15 is 0 Å². The first kappa shape index (κ1) is 19.7. The molecule has 3 rings (SSSR count). The number of esters is 1. The minimum absolute atomic E-state index is 0.0895. The van der Waals surface area contributed by atoms with Crippen LogP contribution in [0.2, 0.25) is 0 Å². The molecule has 0 bridgehead atoms. The molecule has 0 atom stereocenters. The van der Waals surface area contributed by atoms with Gasteiger partial charge in [-0.1, -0.05) is 13.8 Å². The fourth-order valence-electron chi connectivity index (χ4n) is 2.94. The second-order valence-electron chi connectivity index (χ2n) is 5.60. The highest BCUT2D eigenvalue weighted by molar-refractivity contribution is 7.98. The first-order chi connectivity index (χ1) is 12.1. The van der Waals surface area contributed by atoms with Gasteiger partial charge >= 0.3 is 5.97 Å². The third kappa shape index (κ3) is 4.30. The van der Waals surface area contributed by atoms with Crippen LogP contribution in [-0.4, -0.2) is 63.6 Å². The zero-order valence-electron chi connectivity index (χ0n) is 15.7. The molecule has 1 fully saturated rings. The van der Waals surface area contributed by atoms with Crippen LogP contribution >= 0.6 is 11.8 Å². The van der Waals surface area contributed by atoms with E-state index in [1.807, 2.05) is 31.7 Å². The van der Waals surface area contributed by atoms with Gasteiger partial charge in [-0.05, 0) is 39.1 Å². The number of ether oxygens (including phenoxy) is 1. The molecule has 0 saturated carbocycles. The summed E-state index contributed by atoms with van der Waals surface area (Å²) >= 11 is 1.49. The molecule has 0 radical (unpaired) electrons. The number of nitrogens with zero attached hydrogens (tertiary/aromatic N) is 5. The Labute approximate surface area is 153 Å². The van der Waals surface area contributed by atoms with E-state index < -0.39 is 5.97 Å². The molecule has 0 aromatic carbocycles. The molecule has 0 unspecified atom stereocenters. The molecule has 1 saturated heterocycles. The van der Waals surface area contributed by atoms with Crippen LogP contribution in [0, 0.1) is 6.92 Å². The molecular weight excluding hydrogens is 338 g/mol. The van der Waals surface area contributed by atoms with E-state index in [1.165, 1.54) is 31.7 Å². The van der Waals surface area contributed by atoms with Crippen molar-refractivity contribution in [1.29, 1.82) is 0 Å².